The molecule has 0 amide bonds. The fourth-order valence-electron chi connectivity index (χ4n) is 2.39. The molecule has 22 heavy (non-hydrogen) atoms. The molecule has 3 fully saturated rings. The Labute approximate surface area is 143 Å². The van der Waals surface area contributed by atoms with E-state index in [0.717, 1.165) is 0 Å². The lowest BCUT2D eigenvalue weighted by atomic mass is 10.0. The molecule has 0 spiro atoms. The van der Waals surface area contributed by atoms with E-state index in [4.69, 9.17) is 4.74 Å². The second kappa shape index (κ2) is 5.13. The number of rotatable bonds is 0. The third-order valence-electron chi connectivity index (χ3n) is 6.96. The van der Waals surface area contributed by atoms with Gasteiger partial charge in [0.1, 0.15) is 0 Å². The molecule has 0 aromatic heterocycles. The predicted molar refractivity (Wildman–Crippen MR) is 101 cm³/mol. The lowest BCUT2D eigenvalue weighted by Gasteiger charge is -2.00. The van der Waals surface area contributed by atoms with Gasteiger partial charge in [-0.2, -0.15) is 0 Å². The van der Waals surface area contributed by atoms with Gasteiger partial charge in [0.15, 0.2) is 0 Å². The van der Waals surface area contributed by atoms with Crippen LogP contribution in [0.5, 0.6) is 0 Å². The molecule has 3 rings (SSSR count). The largest absolute Gasteiger partial charge is 0.364 e. The Hall–Kier alpha value is 0.270. The van der Waals surface area contributed by atoms with E-state index in [1.54, 1.807) is 0 Å². The summed E-state index contributed by atoms with van der Waals surface area (Å²) in [6.07, 6.45) is 0. The molecule has 3 aliphatic rings. The average Bonchev–Trinajstić information content (AvgIpc) is 2.99. The first kappa shape index (κ1) is 20.3. The van der Waals surface area contributed by atoms with Crippen molar-refractivity contribution in [3.05, 3.63) is 0 Å². The molecular formula is C19H39NOS. The van der Waals surface area contributed by atoms with Crippen LogP contribution in [0, 0.1) is 0 Å². The zero-order chi connectivity index (χ0) is 18.0. The highest BCUT2D eigenvalue weighted by Crippen LogP contribution is 2.62. The quantitative estimate of drug-likeness (QED) is 0.557. The summed E-state index contributed by atoms with van der Waals surface area (Å²) >= 11 is 2.05. The Balaban J connectivity index is 0.000000166. The summed E-state index contributed by atoms with van der Waals surface area (Å²) < 4.78 is 6.42. The number of nitrogens with zero attached hydrogens (tertiary/aromatic N) is 1. The predicted octanol–water partition coefficient (Wildman–Crippen LogP) is 5.35. The van der Waals surface area contributed by atoms with Crippen LogP contribution in [0.25, 0.3) is 0 Å². The van der Waals surface area contributed by atoms with E-state index in [-0.39, 0.29) is 11.2 Å². The molecule has 0 unspecified atom stereocenters. The SMILES string of the molecule is CC1(C)OC1(C)C.CC1(C)SC1(C)C.CN1C(C)(C)C1(C)C. The fraction of sp³-hybridized carbons (Fsp3) is 1.00. The lowest BCUT2D eigenvalue weighted by molar-refractivity contribution is 0.296. The lowest BCUT2D eigenvalue weighted by Crippen LogP contribution is -2.10. The molecule has 0 aliphatic carbocycles. The normalized spacial score (nSPS) is 32.6. The van der Waals surface area contributed by atoms with Crippen LogP contribution in [0.1, 0.15) is 83.1 Å². The monoisotopic (exact) mass is 329 g/mol. The minimum Gasteiger partial charge on any atom is -0.364 e. The van der Waals surface area contributed by atoms with Crippen LogP contribution in [-0.4, -0.2) is 43.7 Å². The van der Waals surface area contributed by atoms with Crippen LogP contribution in [0.15, 0.2) is 0 Å². The molecule has 3 heteroatoms. The highest BCUT2D eigenvalue weighted by molar-refractivity contribution is 8.09. The second-order valence-electron chi connectivity index (χ2n) is 9.92. The summed E-state index contributed by atoms with van der Waals surface area (Å²) in [6, 6.07) is 0. The summed E-state index contributed by atoms with van der Waals surface area (Å²) in [6.45, 7) is 26.7. The molecule has 0 aromatic rings. The summed E-state index contributed by atoms with van der Waals surface area (Å²) in [5, 5.41) is 0. The van der Waals surface area contributed by atoms with Gasteiger partial charge in [-0.3, -0.25) is 4.90 Å². The summed E-state index contributed by atoms with van der Waals surface area (Å²) in [4.78, 5) is 2.38. The number of likely N-dealkylation sites (N-methyl/N-ethyl adjacent to an activating group) is 1. The van der Waals surface area contributed by atoms with Gasteiger partial charge in [0, 0.05) is 20.6 Å². The first-order valence-corrected chi connectivity index (χ1v) is 9.28. The number of ether oxygens (including phenoxy) is 1. The molecule has 0 radical (unpaired) electrons. The van der Waals surface area contributed by atoms with Crippen molar-refractivity contribution in [1.82, 2.24) is 4.90 Å². The van der Waals surface area contributed by atoms with E-state index < -0.39 is 0 Å². The van der Waals surface area contributed by atoms with Gasteiger partial charge < -0.3 is 4.74 Å². The minimum atomic E-state index is 0.146. The molecule has 0 bridgehead atoms. The van der Waals surface area contributed by atoms with Crippen molar-refractivity contribution in [2.24, 2.45) is 0 Å². The van der Waals surface area contributed by atoms with Crippen LogP contribution in [0.4, 0.5) is 0 Å². The summed E-state index contributed by atoms with van der Waals surface area (Å²) in [5.41, 5.74) is 1.17. The standard InChI is InChI=1S/C7H15N.C6H12O.C6H12S/c1-6(2)7(3,4)8(6)5;2*1-5(2)6(3,4)7-5/h1-5H3;2*1-4H3. The number of epoxide rings is 1. The Morgan fingerprint density at radius 2 is 0.727 bits per heavy atom. The van der Waals surface area contributed by atoms with Crippen molar-refractivity contribution in [2.75, 3.05) is 7.05 Å². The maximum absolute atomic E-state index is 5.29. The van der Waals surface area contributed by atoms with E-state index in [1.165, 1.54) is 0 Å². The Morgan fingerprint density at radius 3 is 0.727 bits per heavy atom. The zero-order valence-electron chi connectivity index (χ0n) is 17.3. The van der Waals surface area contributed by atoms with Crippen molar-refractivity contribution in [2.45, 2.75) is 115 Å². The molecule has 2 nitrogen and oxygen atoms in total. The van der Waals surface area contributed by atoms with Gasteiger partial charge in [0.25, 0.3) is 0 Å². The Morgan fingerprint density at radius 1 is 0.591 bits per heavy atom. The van der Waals surface area contributed by atoms with Crippen molar-refractivity contribution in [1.29, 1.82) is 0 Å². The van der Waals surface area contributed by atoms with E-state index >= 15 is 0 Å². The molecule has 132 valence electrons. The number of hydrogen-bond donors (Lipinski definition) is 0. The number of thioether (sulfide) groups is 1. The van der Waals surface area contributed by atoms with Crippen LogP contribution >= 0.6 is 11.8 Å². The topological polar surface area (TPSA) is 15.5 Å². The molecule has 3 heterocycles. The molecular weight excluding hydrogens is 290 g/mol. The number of hydrogen-bond acceptors (Lipinski definition) is 3. The van der Waals surface area contributed by atoms with Crippen molar-refractivity contribution < 1.29 is 4.74 Å². The Kier molecular flexibility index (Phi) is 4.74. The van der Waals surface area contributed by atoms with Gasteiger partial charge >= 0.3 is 0 Å². The first-order chi connectivity index (χ1) is 9.32. The smallest absolute Gasteiger partial charge is 0.0918 e. The van der Waals surface area contributed by atoms with Crippen molar-refractivity contribution >= 4 is 11.8 Å². The van der Waals surface area contributed by atoms with Gasteiger partial charge in [-0.15, -0.1) is 11.8 Å². The van der Waals surface area contributed by atoms with Gasteiger partial charge in [0.2, 0.25) is 0 Å². The maximum Gasteiger partial charge on any atom is 0.0918 e. The highest BCUT2D eigenvalue weighted by Gasteiger charge is 2.60. The Bertz CT molecular complexity index is 369. The van der Waals surface area contributed by atoms with E-state index in [2.05, 4.69) is 107 Å². The molecule has 3 saturated heterocycles. The molecule has 0 aromatic carbocycles. The molecule has 3 aliphatic heterocycles. The van der Waals surface area contributed by atoms with Crippen LogP contribution in [-0.2, 0) is 4.74 Å². The summed E-state index contributed by atoms with van der Waals surface area (Å²) in [7, 11) is 2.17. The van der Waals surface area contributed by atoms with Gasteiger partial charge in [-0.25, -0.2) is 0 Å². The molecule has 0 N–H and O–H groups in total. The van der Waals surface area contributed by atoms with E-state index in [1.807, 2.05) is 0 Å². The third-order valence-corrected chi connectivity index (χ3v) is 8.80. The maximum atomic E-state index is 5.29. The minimum absolute atomic E-state index is 0.146. The molecule has 0 atom stereocenters. The van der Waals surface area contributed by atoms with E-state index in [9.17, 15) is 0 Å². The van der Waals surface area contributed by atoms with Gasteiger partial charge in [0.05, 0.1) is 11.2 Å². The van der Waals surface area contributed by atoms with Gasteiger partial charge in [-0.1, -0.05) is 0 Å². The average molecular weight is 330 g/mol. The van der Waals surface area contributed by atoms with Crippen LogP contribution < -0.4 is 0 Å². The van der Waals surface area contributed by atoms with E-state index in [0.29, 0.717) is 20.6 Å². The van der Waals surface area contributed by atoms with Crippen LogP contribution in [0.2, 0.25) is 0 Å². The zero-order valence-corrected chi connectivity index (χ0v) is 18.1. The first-order valence-electron chi connectivity index (χ1n) is 8.46. The van der Waals surface area contributed by atoms with Crippen molar-refractivity contribution in [3.63, 3.8) is 0 Å². The summed E-state index contributed by atoms with van der Waals surface area (Å²) in [5.74, 6) is 0. The fourth-order valence-corrected chi connectivity index (χ4v) is 3.62. The highest BCUT2D eigenvalue weighted by atomic mass is 32.2. The second-order valence-corrected chi connectivity index (χ2v) is 12.2. The van der Waals surface area contributed by atoms with Gasteiger partial charge in [-0.05, 0) is 90.1 Å². The van der Waals surface area contributed by atoms with Crippen LogP contribution in [0.3, 0.4) is 0 Å². The molecule has 0 saturated carbocycles. The third kappa shape index (κ3) is 3.67. The van der Waals surface area contributed by atoms with Crippen molar-refractivity contribution in [3.8, 4) is 0 Å².